The van der Waals surface area contributed by atoms with Crippen LogP contribution in [0.4, 0.5) is 0 Å². The highest BCUT2D eigenvalue weighted by molar-refractivity contribution is 7.91. The number of amides is 1. The monoisotopic (exact) mass is 356 g/mol. The van der Waals surface area contributed by atoms with Crippen LogP contribution in [0.5, 0.6) is 0 Å². The maximum absolute atomic E-state index is 12.5. The van der Waals surface area contributed by atoms with Crippen LogP contribution < -0.4 is 10.5 Å². The first-order valence-electron chi connectivity index (χ1n) is 7.12. The van der Waals surface area contributed by atoms with E-state index in [1.54, 1.807) is 6.92 Å². The van der Waals surface area contributed by atoms with E-state index in [-0.39, 0.29) is 9.77 Å². The highest BCUT2D eigenvalue weighted by atomic mass is 32.2. The summed E-state index contributed by atoms with van der Waals surface area (Å²) in [5.41, 5.74) is 7.94. The van der Waals surface area contributed by atoms with Gasteiger partial charge in [0.05, 0.1) is 11.3 Å². The minimum Gasteiger partial charge on any atom is -0.366 e. The lowest BCUT2D eigenvalue weighted by atomic mass is 10.1. The molecule has 0 saturated carbocycles. The fourth-order valence-corrected chi connectivity index (χ4v) is 4.98. The van der Waals surface area contributed by atoms with Gasteiger partial charge < -0.3 is 5.73 Å². The Balaban J connectivity index is 2.29. The lowest BCUT2D eigenvalue weighted by molar-refractivity contribution is 0.100. The Morgan fingerprint density at radius 2 is 2.13 bits per heavy atom. The van der Waals surface area contributed by atoms with E-state index in [9.17, 15) is 13.2 Å². The Labute approximate surface area is 139 Å². The summed E-state index contributed by atoms with van der Waals surface area (Å²) in [6, 6.07) is 0.858. The quantitative estimate of drug-likeness (QED) is 0.821. The van der Waals surface area contributed by atoms with E-state index in [0.717, 1.165) is 34.8 Å². The summed E-state index contributed by atoms with van der Waals surface area (Å²) >= 11 is 0.968. The molecule has 1 atom stereocenters. The Kier molecular flexibility index (Phi) is 4.92. The second kappa shape index (κ2) is 6.42. The van der Waals surface area contributed by atoms with Crippen molar-refractivity contribution in [3.63, 3.8) is 0 Å². The standard InChI is InChI=1S/C14H20N4O3S2/c1-5-18-10(4)13(8(2)16-18)9(3)17-23(20,21)12-6-11(7-22-12)14(15)19/h6-7,9,17H,5H2,1-4H3,(H2,15,19). The molecule has 1 unspecified atom stereocenters. The van der Waals surface area contributed by atoms with Crippen molar-refractivity contribution in [3.05, 3.63) is 34.0 Å². The lowest BCUT2D eigenvalue weighted by Gasteiger charge is -2.14. The minimum atomic E-state index is -3.73. The zero-order valence-electron chi connectivity index (χ0n) is 13.5. The zero-order valence-corrected chi connectivity index (χ0v) is 15.1. The molecule has 2 heterocycles. The number of primary amides is 1. The highest BCUT2D eigenvalue weighted by Crippen LogP contribution is 2.25. The molecule has 0 spiro atoms. The molecule has 126 valence electrons. The summed E-state index contributed by atoms with van der Waals surface area (Å²) in [5.74, 6) is -0.647. The summed E-state index contributed by atoms with van der Waals surface area (Å²) in [7, 11) is -3.73. The number of aromatic nitrogens is 2. The number of nitrogens with one attached hydrogen (secondary N) is 1. The summed E-state index contributed by atoms with van der Waals surface area (Å²) < 4.78 is 29.5. The number of nitrogens with zero attached hydrogens (tertiary/aromatic N) is 2. The second-order valence-corrected chi connectivity index (χ2v) is 8.11. The van der Waals surface area contributed by atoms with Crippen molar-refractivity contribution in [3.8, 4) is 0 Å². The molecule has 0 bridgehead atoms. The first kappa shape index (κ1) is 17.6. The third-order valence-corrected chi connectivity index (χ3v) is 6.61. The summed E-state index contributed by atoms with van der Waals surface area (Å²) in [6.45, 7) is 8.25. The van der Waals surface area contributed by atoms with Crippen LogP contribution in [0.15, 0.2) is 15.7 Å². The molecule has 2 aromatic heterocycles. The maximum atomic E-state index is 12.5. The Bertz CT molecular complexity index is 836. The molecule has 0 fully saturated rings. The van der Waals surface area contributed by atoms with E-state index in [0.29, 0.717) is 0 Å². The van der Waals surface area contributed by atoms with Gasteiger partial charge in [0, 0.05) is 29.2 Å². The molecule has 0 radical (unpaired) electrons. The van der Waals surface area contributed by atoms with E-state index in [1.165, 1.54) is 11.4 Å². The van der Waals surface area contributed by atoms with Crippen LogP contribution in [0.25, 0.3) is 0 Å². The van der Waals surface area contributed by atoms with Crippen molar-refractivity contribution in [1.82, 2.24) is 14.5 Å². The molecule has 0 aliphatic rings. The van der Waals surface area contributed by atoms with Gasteiger partial charge in [-0.1, -0.05) is 0 Å². The molecular formula is C14H20N4O3S2. The van der Waals surface area contributed by atoms with Crippen molar-refractivity contribution in [2.45, 2.75) is 44.5 Å². The third-order valence-electron chi connectivity index (χ3n) is 3.63. The predicted octanol–water partition coefficient (Wildman–Crippen LogP) is 1.72. The number of aryl methyl sites for hydroxylation is 2. The summed E-state index contributed by atoms with van der Waals surface area (Å²) in [6.07, 6.45) is 0. The Hall–Kier alpha value is -1.71. The summed E-state index contributed by atoms with van der Waals surface area (Å²) in [4.78, 5) is 11.1. The van der Waals surface area contributed by atoms with E-state index in [1.807, 2.05) is 25.5 Å². The molecule has 0 aliphatic carbocycles. The fraction of sp³-hybridized carbons (Fsp3) is 0.429. The van der Waals surface area contributed by atoms with Crippen molar-refractivity contribution in [1.29, 1.82) is 0 Å². The van der Waals surface area contributed by atoms with Crippen molar-refractivity contribution in [2.24, 2.45) is 5.73 Å². The topological polar surface area (TPSA) is 107 Å². The number of sulfonamides is 1. The van der Waals surface area contributed by atoms with Gasteiger partial charge in [-0.25, -0.2) is 13.1 Å². The van der Waals surface area contributed by atoms with Crippen LogP contribution in [0.3, 0.4) is 0 Å². The van der Waals surface area contributed by atoms with Crippen LogP contribution in [0, 0.1) is 13.8 Å². The van der Waals surface area contributed by atoms with E-state index >= 15 is 0 Å². The average Bonchev–Trinajstić information content (AvgIpc) is 3.03. The molecule has 0 saturated heterocycles. The number of thiophene rings is 1. The van der Waals surface area contributed by atoms with Crippen molar-refractivity contribution >= 4 is 27.3 Å². The van der Waals surface area contributed by atoms with Gasteiger partial charge in [-0.2, -0.15) is 5.10 Å². The number of hydrogen-bond acceptors (Lipinski definition) is 5. The largest absolute Gasteiger partial charge is 0.366 e. The summed E-state index contributed by atoms with van der Waals surface area (Å²) in [5, 5.41) is 5.84. The van der Waals surface area contributed by atoms with E-state index in [4.69, 9.17) is 5.73 Å². The molecule has 2 rings (SSSR count). The van der Waals surface area contributed by atoms with Gasteiger partial charge >= 0.3 is 0 Å². The molecular weight excluding hydrogens is 336 g/mol. The minimum absolute atomic E-state index is 0.0661. The zero-order chi connectivity index (χ0) is 17.4. The normalized spacial score (nSPS) is 13.2. The second-order valence-electron chi connectivity index (χ2n) is 5.26. The number of hydrogen-bond donors (Lipinski definition) is 2. The number of carbonyl (C=O) groups excluding carboxylic acids is 1. The average molecular weight is 356 g/mol. The Morgan fingerprint density at radius 3 is 2.61 bits per heavy atom. The smallest absolute Gasteiger partial charge is 0.250 e. The lowest BCUT2D eigenvalue weighted by Crippen LogP contribution is -2.27. The van der Waals surface area contributed by atoms with E-state index < -0.39 is 22.0 Å². The van der Waals surface area contributed by atoms with Crippen LogP contribution in [-0.2, 0) is 16.6 Å². The van der Waals surface area contributed by atoms with Crippen LogP contribution >= 0.6 is 11.3 Å². The molecule has 3 N–H and O–H groups in total. The van der Waals surface area contributed by atoms with Crippen molar-refractivity contribution in [2.75, 3.05) is 0 Å². The Morgan fingerprint density at radius 1 is 1.48 bits per heavy atom. The molecule has 0 aliphatic heterocycles. The molecule has 9 heteroatoms. The van der Waals surface area contributed by atoms with Crippen LogP contribution in [-0.4, -0.2) is 24.1 Å². The van der Waals surface area contributed by atoms with Gasteiger partial charge in [0.2, 0.25) is 5.91 Å². The van der Waals surface area contributed by atoms with Gasteiger partial charge in [-0.05, 0) is 33.8 Å². The first-order chi connectivity index (χ1) is 10.7. The SMILES string of the molecule is CCn1nc(C)c(C(C)NS(=O)(=O)c2cc(C(N)=O)cs2)c1C. The fourth-order valence-electron chi connectivity index (χ4n) is 2.58. The van der Waals surface area contributed by atoms with Gasteiger partial charge in [-0.15, -0.1) is 11.3 Å². The molecule has 0 aromatic carbocycles. The number of rotatable bonds is 6. The van der Waals surface area contributed by atoms with Gasteiger partial charge in [-0.3, -0.25) is 9.48 Å². The van der Waals surface area contributed by atoms with Crippen LogP contribution in [0.1, 0.15) is 47.2 Å². The van der Waals surface area contributed by atoms with Gasteiger partial charge in [0.15, 0.2) is 0 Å². The highest BCUT2D eigenvalue weighted by Gasteiger charge is 2.24. The van der Waals surface area contributed by atoms with Crippen molar-refractivity contribution < 1.29 is 13.2 Å². The predicted molar refractivity (Wildman–Crippen MR) is 88.9 cm³/mol. The number of nitrogens with two attached hydrogens (primary N) is 1. The van der Waals surface area contributed by atoms with Crippen LogP contribution in [0.2, 0.25) is 0 Å². The molecule has 7 nitrogen and oxygen atoms in total. The maximum Gasteiger partial charge on any atom is 0.250 e. The third kappa shape index (κ3) is 3.46. The van der Waals surface area contributed by atoms with Gasteiger partial charge in [0.1, 0.15) is 4.21 Å². The molecule has 2 aromatic rings. The first-order valence-corrected chi connectivity index (χ1v) is 9.48. The molecule has 23 heavy (non-hydrogen) atoms. The molecule has 1 amide bonds. The number of carbonyl (C=O) groups is 1. The van der Waals surface area contributed by atoms with Gasteiger partial charge in [0.25, 0.3) is 10.0 Å². The van der Waals surface area contributed by atoms with E-state index in [2.05, 4.69) is 9.82 Å².